The molecule has 1 heterocycles. The highest BCUT2D eigenvalue weighted by Gasteiger charge is 2.38. The maximum absolute atomic E-state index is 3.32. The molecule has 2 aromatic carbocycles. The van der Waals surface area contributed by atoms with Crippen LogP contribution in [-0.4, -0.2) is 26.3 Å². The van der Waals surface area contributed by atoms with E-state index in [0.717, 1.165) is 25.7 Å². The molecule has 2 aromatic rings. The van der Waals surface area contributed by atoms with Crippen LogP contribution in [0.1, 0.15) is 30.9 Å². The summed E-state index contributed by atoms with van der Waals surface area (Å²) in [6.45, 7) is 2.05. The average Bonchev–Trinajstić information content (AvgIpc) is 3.38. The number of anilines is 2. The lowest BCUT2D eigenvalue weighted by atomic mass is 10.0. The summed E-state index contributed by atoms with van der Waals surface area (Å²) < 4.78 is 0. The van der Waals surface area contributed by atoms with Gasteiger partial charge in [-0.1, -0.05) is 42.5 Å². The van der Waals surface area contributed by atoms with Crippen LogP contribution >= 0.6 is 0 Å². The van der Waals surface area contributed by atoms with Gasteiger partial charge < -0.3 is 15.1 Å². The zero-order valence-electron chi connectivity index (χ0n) is 13.8. The average molecular weight is 307 g/mol. The largest absolute Gasteiger partial charge is 0.349 e. The highest BCUT2D eigenvalue weighted by atomic mass is 15.4. The van der Waals surface area contributed by atoms with E-state index >= 15 is 0 Å². The van der Waals surface area contributed by atoms with Crippen LogP contribution < -0.4 is 15.1 Å². The van der Waals surface area contributed by atoms with Crippen molar-refractivity contribution in [3.63, 3.8) is 0 Å². The quantitative estimate of drug-likeness (QED) is 0.876. The predicted octanol–water partition coefficient (Wildman–Crippen LogP) is 3.78. The van der Waals surface area contributed by atoms with Gasteiger partial charge in [-0.05, 0) is 50.6 Å². The lowest BCUT2D eigenvalue weighted by Gasteiger charge is -2.31. The van der Waals surface area contributed by atoms with Crippen molar-refractivity contribution < 1.29 is 0 Å². The van der Waals surface area contributed by atoms with Gasteiger partial charge in [0, 0.05) is 6.04 Å². The molecule has 0 spiro atoms. The summed E-state index contributed by atoms with van der Waals surface area (Å²) in [5.41, 5.74) is 4.22. The third kappa shape index (κ3) is 2.81. The van der Waals surface area contributed by atoms with Crippen LogP contribution in [0.25, 0.3) is 0 Å². The fraction of sp³-hybridized carbons (Fsp3) is 0.400. The van der Waals surface area contributed by atoms with E-state index < -0.39 is 0 Å². The van der Waals surface area contributed by atoms with Crippen LogP contribution in [0, 0.1) is 0 Å². The summed E-state index contributed by atoms with van der Waals surface area (Å²) in [5, 5.41) is 3.32. The van der Waals surface area contributed by atoms with Gasteiger partial charge in [0.05, 0.1) is 24.1 Å². The Hall–Kier alpha value is -2.00. The van der Waals surface area contributed by atoms with Crippen molar-refractivity contribution in [3.8, 4) is 0 Å². The Bertz CT molecular complexity index is 651. The second-order valence-corrected chi connectivity index (χ2v) is 6.62. The molecule has 23 heavy (non-hydrogen) atoms. The van der Waals surface area contributed by atoms with E-state index in [1.165, 1.54) is 29.8 Å². The number of nitrogens with one attached hydrogen (secondary N) is 1. The van der Waals surface area contributed by atoms with Gasteiger partial charge >= 0.3 is 0 Å². The summed E-state index contributed by atoms with van der Waals surface area (Å²) >= 11 is 0. The Kier molecular flexibility index (Phi) is 3.96. The predicted molar refractivity (Wildman–Crippen MR) is 97.0 cm³/mol. The number of nitrogens with zero attached hydrogens (tertiary/aromatic N) is 2. The fourth-order valence-corrected chi connectivity index (χ4v) is 3.69. The molecule has 0 radical (unpaired) electrons. The lowest BCUT2D eigenvalue weighted by Crippen LogP contribution is -2.36. The zero-order valence-corrected chi connectivity index (χ0v) is 13.8. The van der Waals surface area contributed by atoms with Crippen molar-refractivity contribution in [2.24, 2.45) is 0 Å². The van der Waals surface area contributed by atoms with Crippen LogP contribution in [0.3, 0.4) is 0 Å². The Labute approximate surface area is 138 Å². The lowest BCUT2D eigenvalue weighted by molar-refractivity contribution is 0.561. The minimum absolute atomic E-state index is 0.425. The molecule has 0 saturated heterocycles. The van der Waals surface area contributed by atoms with Gasteiger partial charge in [-0.25, -0.2) is 0 Å². The van der Waals surface area contributed by atoms with Gasteiger partial charge in [-0.3, -0.25) is 0 Å². The van der Waals surface area contributed by atoms with E-state index in [-0.39, 0.29) is 0 Å². The first-order valence-electron chi connectivity index (χ1n) is 8.70. The van der Waals surface area contributed by atoms with E-state index in [0.29, 0.717) is 6.04 Å². The molecule has 4 rings (SSSR count). The summed E-state index contributed by atoms with van der Waals surface area (Å²) in [7, 11) is 2.04. The molecule has 1 aliphatic heterocycles. The minimum Gasteiger partial charge on any atom is -0.349 e. The van der Waals surface area contributed by atoms with E-state index in [9.17, 15) is 0 Å². The number of hydrogen-bond donors (Lipinski definition) is 1. The number of para-hydroxylation sites is 2. The molecular formula is C20H25N3. The monoisotopic (exact) mass is 307 g/mol. The maximum atomic E-state index is 3.32. The Morgan fingerprint density at radius 3 is 2.39 bits per heavy atom. The van der Waals surface area contributed by atoms with Crippen LogP contribution in [0.15, 0.2) is 54.6 Å². The minimum atomic E-state index is 0.425. The van der Waals surface area contributed by atoms with E-state index in [4.69, 9.17) is 0 Å². The molecule has 3 heteroatoms. The third-order valence-corrected chi connectivity index (χ3v) is 5.02. The van der Waals surface area contributed by atoms with Gasteiger partial charge in [0.1, 0.15) is 0 Å². The molecule has 0 amide bonds. The topological polar surface area (TPSA) is 18.5 Å². The smallest absolute Gasteiger partial charge is 0.0913 e. The second-order valence-electron chi connectivity index (χ2n) is 6.62. The van der Waals surface area contributed by atoms with Crippen molar-refractivity contribution in [1.29, 1.82) is 0 Å². The Morgan fingerprint density at radius 2 is 1.70 bits per heavy atom. The molecule has 1 saturated carbocycles. The van der Waals surface area contributed by atoms with Crippen LogP contribution in [-0.2, 0) is 0 Å². The third-order valence-electron chi connectivity index (χ3n) is 5.02. The first-order chi connectivity index (χ1) is 11.4. The Balaban J connectivity index is 1.68. The van der Waals surface area contributed by atoms with Gasteiger partial charge in [0.15, 0.2) is 0 Å². The molecule has 3 nitrogen and oxygen atoms in total. The molecule has 120 valence electrons. The molecule has 1 atom stereocenters. The van der Waals surface area contributed by atoms with Crippen LogP contribution in [0.4, 0.5) is 11.4 Å². The Morgan fingerprint density at radius 1 is 1.00 bits per heavy atom. The van der Waals surface area contributed by atoms with Crippen molar-refractivity contribution in [3.05, 3.63) is 60.2 Å². The molecule has 2 aliphatic rings. The fourth-order valence-electron chi connectivity index (χ4n) is 3.69. The van der Waals surface area contributed by atoms with Crippen LogP contribution in [0.2, 0.25) is 0 Å². The van der Waals surface area contributed by atoms with Gasteiger partial charge in [-0.15, -0.1) is 0 Å². The van der Waals surface area contributed by atoms with Crippen molar-refractivity contribution in [2.45, 2.75) is 31.3 Å². The standard InChI is InChI=1S/C20H25N3/c1-21-14-13-18(16-7-3-2-4-8-16)23-15-22(17-11-12-17)19-9-5-6-10-20(19)23/h2-10,17-18,21H,11-15H2,1H3. The molecule has 1 aliphatic carbocycles. The summed E-state index contributed by atoms with van der Waals surface area (Å²) in [6, 6.07) is 21.0. The first kappa shape index (κ1) is 14.6. The van der Waals surface area contributed by atoms with E-state index in [1.54, 1.807) is 0 Å². The van der Waals surface area contributed by atoms with Gasteiger partial charge in [-0.2, -0.15) is 0 Å². The SMILES string of the molecule is CNCCC(c1ccccc1)N1CN(C2CC2)c2ccccc21. The second kappa shape index (κ2) is 6.25. The summed E-state index contributed by atoms with van der Waals surface area (Å²) in [4.78, 5) is 5.20. The molecule has 1 unspecified atom stereocenters. The van der Waals surface area contributed by atoms with Crippen molar-refractivity contribution in [1.82, 2.24) is 5.32 Å². The van der Waals surface area contributed by atoms with E-state index in [2.05, 4.69) is 69.7 Å². The molecule has 1 N–H and O–H groups in total. The van der Waals surface area contributed by atoms with Crippen molar-refractivity contribution >= 4 is 11.4 Å². The normalized spacial score (nSPS) is 18.1. The van der Waals surface area contributed by atoms with Gasteiger partial charge in [0.2, 0.25) is 0 Å². The molecule has 0 bridgehead atoms. The molecular weight excluding hydrogens is 282 g/mol. The summed E-state index contributed by atoms with van der Waals surface area (Å²) in [5.74, 6) is 0. The number of benzene rings is 2. The zero-order chi connectivity index (χ0) is 15.6. The summed E-state index contributed by atoms with van der Waals surface area (Å²) in [6.07, 6.45) is 3.80. The van der Waals surface area contributed by atoms with Crippen LogP contribution in [0.5, 0.6) is 0 Å². The maximum Gasteiger partial charge on any atom is 0.0913 e. The van der Waals surface area contributed by atoms with E-state index in [1.807, 2.05) is 7.05 Å². The number of fused-ring (bicyclic) bond motifs is 1. The highest BCUT2D eigenvalue weighted by molar-refractivity contribution is 5.77. The van der Waals surface area contributed by atoms with Gasteiger partial charge in [0.25, 0.3) is 0 Å². The highest BCUT2D eigenvalue weighted by Crippen LogP contribution is 2.45. The molecule has 0 aromatic heterocycles. The number of rotatable bonds is 6. The first-order valence-corrected chi connectivity index (χ1v) is 8.70. The molecule has 1 fully saturated rings. The van der Waals surface area contributed by atoms with Crippen molar-refractivity contribution in [2.75, 3.05) is 30.1 Å². The number of hydrogen-bond acceptors (Lipinski definition) is 3.